The first-order chi connectivity index (χ1) is 10.0. The Morgan fingerprint density at radius 2 is 1.95 bits per heavy atom. The number of carbonyl (C=O) groups excluding carboxylic acids is 1. The van der Waals surface area contributed by atoms with Gasteiger partial charge in [0, 0.05) is 17.6 Å². The monoisotopic (exact) mass is 297 g/mol. The number of carbonyl (C=O) groups is 1. The first-order valence-electron chi connectivity index (χ1n) is 7.10. The van der Waals surface area contributed by atoms with Crippen molar-refractivity contribution in [2.75, 3.05) is 0 Å². The van der Waals surface area contributed by atoms with Crippen LogP contribution in [0.15, 0.2) is 24.3 Å². The van der Waals surface area contributed by atoms with E-state index in [-0.39, 0.29) is 29.8 Å². The number of aliphatic hydroxyl groups is 1. The van der Waals surface area contributed by atoms with Crippen molar-refractivity contribution >= 4 is 5.91 Å². The van der Waals surface area contributed by atoms with Crippen LogP contribution in [-0.2, 0) is 0 Å². The Hall–Kier alpha value is -1.69. The van der Waals surface area contributed by atoms with E-state index in [2.05, 4.69) is 4.74 Å². The van der Waals surface area contributed by atoms with Crippen molar-refractivity contribution < 1.29 is 23.4 Å². The number of alkyl halides is 2. The van der Waals surface area contributed by atoms with Gasteiger partial charge < -0.3 is 14.7 Å². The molecule has 2 aliphatic rings. The highest BCUT2D eigenvalue weighted by atomic mass is 19.3. The normalized spacial score (nSPS) is 28.0. The third-order valence-electron chi connectivity index (χ3n) is 4.25. The number of rotatable bonds is 3. The van der Waals surface area contributed by atoms with Crippen LogP contribution in [0.4, 0.5) is 8.78 Å². The van der Waals surface area contributed by atoms with Crippen LogP contribution in [0.5, 0.6) is 5.75 Å². The number of ether oxygens (including phenoxy) is 1. The lowest BCUT2D eigenvalue weighted by molar-refractivity contribution is -0.0499. The van der Waals surface area contributed by atoms with Crippen molar-refractivity contribution in [1.29, 1.82) is 0 Å². The van der Waals surface area contributed by atoms with Gasteiger partial charge in [-0.15, -0.1) is 0 Å². The van der Waals surface area contributed by atoms with E-state index in [4.69, 9.17) is 0 Å². The molecule has 1 aromatic rings. The Morgan fingerprint density at radius 1 is 1.29 bits per heavy atom. The number of benzene rings is 1. The molecule has 0 spiro atoms. The molecule has 1 aromatic carbocycles. The fourth-order valence-corrected chi connectivity index (χ4v) is 3.43. The van der Waals surface area contributed by atoms with Crippen molar-refractivity contribution in [1.82, 2.24) is 4.90 Å². The molecule has 2 fully saturated rings. The van der Waals surface area contributed by atoms with Crippen LogP contribution in [0, 0.1) is 0 Å². The maximum absolute atomic E-state index is 12.6. The fourth-order valence-electron chi connectivity index (χ4n) is 3.43. The van der Waals surface area contributed by atoms with Crippen molar-refractivity contribution in [2.24, 2.45) is 0 Å². The Kier molecular flexibility index (Phi) is 3.80. The van der Waals surface area contributed by atoms with Crippen LogP contribution in [0.1, 0.15) is 36.0 Å². The second-order valence-corrected chi connectivity index (χ2v) is 5.63. The summed E-state index contributed by atoms with van der Waals surface area (Å²) in [6, 6.07) is 5.98. The Bertz CT molecular complexity index is 523. The second kappa shape index (κ2) is 5.60. The summed E-state index contributed by atoms with van der Waals surface area (Å²) >= 11 is 0. The first kappa shape index (κ1) is 14.3. The Labute approximate surface area is 121 Å². The predicted molar refractivity (Wildman–Crippen MR) is 71.3 cm³/mol. The molecule has 114 valence electrons. The molecule has 0 saturated carbocycles. The highest BCUT2D eigenvalue weighted by molar-refractivity contribution is 5.95. The Balaban J connectivity index is 1.79. The number of hydrogen-bond acceptors (Lipinski definition) is 3. The van der Waals surface area contributed by atoms with Crippen LogP contribution in [0.25, 0.3) is 0 Å². The second-order valence-electron chi connectivity index (χ2n) is 5.63. The van der Waals surface area contributed by atoms with Gasteiger partial charge in [-0.25, -0.2) is 0 Å². The van der Waals surface area contributed by atoms with Crippen LogP contribution in [0.2, 0.25) is 0 Å². The summed E-state index contributed by atoms with van der Waals surface area (Å²) in [5, 5.41) is 9.76. The van der Waals surface area contributed by atoms with E-state index >= 15 is 0 Å². The van der Waals surface area contributed by atoms with Gasteiger partial charge in [-0.3, -0.25) is 4.79 Å². The van der Waals surface area contributed by atoms with Gasteiger partial charge in [-0.2, -0.15) is 8.78 Å². The van der Waals surface area contributed by atoms with E-state index in [9.17, 15) is 18.7 Å². The van der Waals surface area contributed by atoms with Gasteiger partial charge in [0.1, 0.15) is 5.75 Å². The zero-order valence-corrected chi connectivity index (χ0v) is 11.4. The predicted octanol–water partition coefficient (Wildman–Crippen LogP) is 2.42. The standard InChI is InChI=1S/C15H17F2NO3/c16-15(17)21-13-3-1-2-9(6-13)14(20)18-10-4-5-11(18)8-12(19)7-10/h1-3,6,10-12,15,19H,4-5,7-8H2. The van der Waals surface area contributed by atoms with Crippen molar-refractivity contribution in [3.63, 3.8) is 0 Å². The van der Waals surface area contributed by atoms with Crippen LogP contribution >= 0.6 is 0 Å². The minimum absolute atomic E-state index is 0.0137. The van der Waals surface area contributed by atoms with Gasteiger partial charge in [-0.1, -0.05) is 6.07 Å². The molecule has 2 saturated heterocycles. The minimum atomic E-state index is -2.91. The number of amides is 1. The number of fused-ring (bicyclic) bond motifs is 2. The van der Waals surface area contributed by atoms with E-state index in [1.165, 1.54) is 18.2 Å². The highest BCUT2D eigenvalue weighted by Gasteiger charge is 2.42. The topological polar surface area (TPSA) is 49.8 Å². The molecule has 1 amide bonds. The molecular weight excluding hydrogens is 280 g/mol. The van der Waals surface area contributed by atoms with Gasteiger partial charge in [0.05, 0.1) is 6.10 Å². The molecule has 2 heterocycles. The Morgan fingerprint density at radius 3 is 2.57 bits per heavy atom. The average Bonchev–Trinajstić information content (AvgIpc) is 2.69. The lowest BCUT2D eigenvalue weighted by Gasteiger charge is -2.37. The van der Waals surface area contributed by atoms with Gasteiger partial charge in [0.15, 0.2) is 0 Å². The molecule has 0 radical (unpaired) electrons. The summed E-state index contributed by atoms with van der Waals surface area (Å²) in [6.45, 7) is -2.91. The van der Waals surface area contributed by atoms with Crippen molar-refractivity contribution in [3.8, 4) is 5.75 Å². The molecule has 21 heavy (non-hydrogen) atoms. The smallest absolute Gasteiger partial charge is 0.387 e. The van der Waals surface area contributed by atoms with Gasteiger partial charge in [0.25, 0.3) is 5.91 Å². The molecule has 0 aliphatic carbocycles. The van der Waals surface area contributed by atoms with E-state index < -0.39 is 6.61 Å². The number of halogens is 2. The van der Waals surface area contributed by atoms with Crippen LogP contribution in [0.3, 0.4) is 0 Å². The van der Waals surface area contributed by atoms with Crippen LogP contribution < -0.4 is 4.74 Å². The SMILES string of the molecule is O=C(c1cccc(OC(F)F)c1)N1C2CCC1CC(O)C2. The minimum Gasteiger partial charge on any atom is -0.435 e. The molecule has 2 bridgehead atoms. The molecule has 3 rings (SSSR count). The molecule has 0 aromatic heterocycles. The van der Waals surface area contributed by atoms with Crippen molar-refractivity contribution in [2.45, 2.75) is 50.5 Å². The average molecular weight is 297 g/mol. The number of aliphatic hydroxyl groups excluding tert-OH is 1. The molecule has 2 aliphatic heterocycles. The zero-order valence-electron chi connectivity index (χ0n) is 11.4. The van der Waals surface area contributed by atoms with E-state index in [0.29, 0.717) is 18.4 Å². The van der Waals surface area contributed by atoms with Gasteiger partial charge in [0.2, 0.25) is 0 Å². The maximum Gasteiger partial charge on any atom is 0.387 e. The van der Waals surface area contributed by atoms with Crippen LogP contribution in [-0.4, -0.2) is 40.7 Å². The summed E-state index contributed by atoms with van der Waals surface area (Å²) in [5.41, 5.74) is 0.349. The maximum atomic E-state index is 12.6. The summed E-state index contributed by atoms with van der Waals surface area (Å²) in [7, 11) is 0. The van der Waals surface area contributed by atoms with Crippen molar-refractivity contribution in [3.05, 3.63) is 29.8 Å². The largest absolute Gasteiger partial charge is 0.435 e. The van der Waals surface area contributed by atoms with E-state index in [1.54, 1.807) is 11.0 Å². The summed E-state index contributed by atoms with van der Waals surface area (Å²) in [6.07, 6.45) is 2.62. The number of piperidine rings is 1. The lowest BCUT2D eigenvalue weighted by Crippen LogP contribution is -2.48. The lowest BCUT2D eigenvalue weighted by atomic mass is 9.98. The molecule has 6 heteroatoms. The zero-order chi connectivity index (χ0) is 15.0. The molecule has 2 unspecified atom stereocenters. The van der Waals surface area contributed by atoms with E-state index in [1.807, 2.05) is 0 Å². The molecule has 2 atom stereocenters. The first-order valence-corrected chi connectivity index (χ1v) is 7.10. The fraction of sp³-hybridized carbons (Fsp3) is 0.533. The molecule has 4 nitrogen and oxygen atoms in total. The summed E-state index contributed by atoms with van der Waals surface area (Å²) in [5.74, 6) is -0.186. The summed E-state index contributed by atoms with van der Waals surface area (Å²) in [4.78, 5) is 14.4. The molecular formula is C15H17F2NO3. The number of hydrogen-bond donors (Lipinski definition) is 1. The highest BCUT2D eigenvalue weighted by Crippen LogP contribution is 2.37. The van der Waals surface area contributed by atoms with Gasteiger partial charge >= 0.3 is 6.61 Å². The molecule has 1 N–H and O–H groups in total. The van der Waals surface area contributed by atoms with Gasteiger partial charge in [-0.05, 0) is 43.9 Å². The third kappa shape index (κ3) is 2.85. The third-order valence-corrected chi connectivity index (χ3v) is 4.25. The van der Waals surface area contributed by atoms with E-state index in [0.717, 1.165) is 12.8 Å². The summed E-state index contributed by atoms with van der Waals surface area (Å²) < 4.78 is 28.8. The quantitative estimate of drug-likeness (QED) is 0.932. The number of nitrogens with zero attached hydrogens (tertiary/aromatic N) is 1.